The lowest BCUT2D eigenvalue weighted by Crippen LogP contribution is -2.04. The second-order valence-electron chi connectivity index (χ2n) is 4.40. The number of nitriles is 1. The summed E-state index contributed by atoms with van der Waals surface area (Å²) in [6.07, 6.45) is 1.00. The molecule has 0 aliphatic heterocycles. The summed E-state index contributed by atoms with van der Waals surface area (Å²) < 4.78 is 0. The largest absolute Gasteiger partial charge is 0.294 e. The highest BCUT2D eigenvalue weighted by Crippen LogP contribution is 2.14. The van der Waals surface area contributed by atoms with Crippen molar-refractivity contribution in [2.75, 3.05) is 0 Å². The summed E-state index contributed by atoms with van der Waals surface area (Å²) in [5.41, 5.74) is 2.96. The van der Waals surface area contributed by atoms with Gasteiger partial charge in [-0.05, 0) is 23.6 Å². The molecule has 0 spiro atoms. The van der Waals surface area contributed by atoms with Crippen molar-refractivity contribution in [1.29, 1.82) is 5.26 Å². The van der Waals surface area contributed by atoms with Crippen molar-refractivity contribution in [3.05, 3.63) is 70.8 Å². The maximum atomic E-state index is 12.2. The van der Waals surface area contributed by atoms with Gasteiger partial charge in [0.15, 0.2) is 5.78 Å². The molecule has 2 rings (SSSR count). The molecule has 0 amide bonds. The van der Waals surface area contributed by atoms with E-state index in [1.807, 2.05) is 24.3 Å². The summed E-state index contributed by atoms with van der Waals surface area (Å²) in [5.74, 6) is -0.0127. The summed E-state index contributed by atoms with van der Waals surface area (Å²) in [5, 5.41) is 10.6. The zero-order chi connectivity index (χ0) is 14.4. The van der Waals surface area contributed by atoms with Crippen LogP contribution in [0.4, 0.5) is 0 Å². The van der Waals surface area contributed by atoms with E-state index in [2.05, 4.69) is 6.07 Å². The van der Waals surface area contributed by atoms with E-state index in [1.165, 1.54) is 0 Å². The minimum atomic E-state index is -0.0127. The lowest BCUT2D eigenvalue weighted by atomic mass is 9.97. The minimum Gasteiger partial charge on any atom is -0.294 e. The van der Waals surface area contributed by atoms with Gasteiger partial charge in [-0.15, -0.1) is 0 Å². The second-order valence-corrected chi connectivity index (χ2v) is 4.63. The third-order valence-corrected chi connectivity index (χ3v) is 3.41. The van der Waals surface area contributed by atoms with Crippen LogP contribution in [0.3, 0.4) is 0 Å². The van der Waals surface area contributed by atoms with E-state index < -0.39 is 0 Å². The van der Waals surface area contributed by atoms with Crippen LogP contribution in [-0.2, 0) is 6.42 Å². The predicted octanol–water partition coefficient (Wildman–Crippen LogP) is 3.72. The first-order chi connectivity index (χ1) is 9.76. The van der Waals surface area contributed by atoms with E-state index in [0.717, 1.165) is 11.1 Å². The summed E-state index contributed by atoms with van der Waals surface area (Å²) in [6, 6.07) is 16.7. The van der Waals surface area contributed by atoms with Crippen molar-refractivity contribution >= 4 is 23.4 Å². The van der Waals surface area contributed by atoms with Crippen LogP contribution in [0.2, 0.25) is 0 Å². The standard InChI is InChI=1S/C17H13NOS/c18-11-14-6-3-4-8-16(14)17(19)10-9-13-5-1-2-7-15(13)12-20/h1-8,12H,9-10H2. The Kier molecular flexibility index (Phi) is 4.75. The minimum absolute atomic E-state index is 0.0127. The van der Waals surface area contributed by atoms with E-state index in [1.54, 1.807) is 29.6 Å². The van der Waals surface area contributed by atoms with Gasteiger partial charge < -0.3 is 0 Å². The molecule has 0 unspecified atom stereocenters. The smallest absolute Gasteiger partial charge is 0.164 e. The van der Waals surface area contributed by atoms with Crippen LogP contribution < -0.4 is 0 Å². The zero-order valence-electron chi connectivity index (χ0n) is 10.9. The van der Waals surface area contributed by atoms with Crippen molar-refractivity contribution in [3.63, 3.8) is 0 Å². The number of hydrogen-bond acceptors (Lipinski definition) is 3. The van der Waals surface area contributed by atoms with Crippen molar-refractivity contribution in [1.82, 2.24) is 0 Å². The van der Waals surface area contributed by atoms with E-state index in [0.29, 0.717) is 24.0 Å². The average molecular weight is 279 g/mol. The maximum Gasteiger partial charge on any atom is 0.164 e. The zero-order valence-corrected chi connectivity index (χ0v) is 11.7. The van der Waals surface area contributed by atoms with E-state index in [4.69, 9.17) is 17.5 Å². The second kappa shape index (κ2) is 6.74. The number of thiocarbonyl (C=S) groups is 1. The molecule has 0 bridgehead atoms. The van der Waals surface area contributed by atoms with Gasteiger partial charge in [-0.3, -0.25) is 4.79 Å². The molecule has 0 saturated carbocycles. The van der Waals surface area contributed by atoms with Crippen molar-refractivity contribution in [3.8, 4) is 6.07 Å². The number of ketones is 1. The van der Waals surface area contributed by atoms with E-state index in [9.17, 15) is 4.79 Å². The Hall–Kier alpha value is -2.31. The molecule has 0 atom stereocenters. The molecule has 0 radical (unpaired) electrons. The highest BCUT2D eigenvalue weighted by Gasteiger charge is 2.11. The van der Waals surface area contributed by atoms with Crippen LogP contribution in [0.1, 0.15) is 33.5 Å². The van der Waals surface area contributed by atoms with Crippen molar-refractivity contribution in [2.45, 2.75) is 12.8 Å². The molecule has 3 heteroatoms. The Morgan fingerprint density at radius 3 is 2.60 bits per heavy atom. The molecule has 2 nitrogen and oxygen atoms in total. The number of nitrogens with zero attached hydrogens (tertiary/aromatic N) is 1. The number of carbonyl (C=O) groups excluding carboxylic acids is 1. The van der Waals surface area contributed by atoms with Crippen LogP contribution in [-0.4, -0.2) is 11.2 Å². The molecule has 20 heavy (non-hydrogen) atoms. The molecule has 2 aromatic carbocycles. The topological polar surface area (TPSA) is 40.9 Å². The monoisotopic (exact) mass is 279 g/mol. The lowest BCUT2D eigenvalue weighted by molar-refractivity contribution is 0.0982. The van der Waals surface area contributed by atoms with Crippen LogP contribution >= 0.6 is 12.2 Å². The molecule has 0 heterocycles. The van der Waals surface area contributed by atoms with E-state index in [-0.39, 0.29) is 5.78 Å². The summed E-state index contributed by atoms with van der Waals surface area (Å²) >= 11 is 4.97. The first-order valence-electron chi connectivity index (χ1n) is 6.31. The number of hydrogen-bond donors (Lipinski definition) is 0. The third-order valence-electron chi connectivity index (χ3n) is 3.15. The Balaban J connectivity index is 2.13. The fraction of sp³-hybridized carbons (Fsp3) is 0.118. The number of carbonyl (C=O) groups is 1. The third kappa shape index (κ3) is 3.17. The molecular formula is C17H13NOS. The Bertz CT molecular complexity index is 685. The fourth-order valence-electron chi connectivity index (χ4n) is 2.08. The number of Topliss-reactive ketones (excluding diaryl/α,β-unsaturated/α-hetero) is 1. The van der Waals surface area contributed by atoms with Crippen LogP contribution in [0.5, 0.6) is 0 Å². The molecule has 98 valence electrons. The van der Waals surface area contributed by atoms with Crippen molar-refractivity contribution in [2.24, 2.45) is 0 Å². The molecule has 0 fully saturated rings. The van der Waals surface area contributed by atoms with Gasteiger partial charge in [0.25, 0.3) is 0 Å². The molecule has 0 aromatic heterocycles. The summed E-state index contributed by atoms with van der Waals surface area (Å²) in [7, 11) is 0. The molecule has 2 aromatic rings. The quantitative estimate of drug-likeness (QED) is 0.618. The summed E-state index contributed by atoms with van der Waals surface area (Å²) in [4.78, 5) is 12.2. The highest BCUT2D eigenvalue weighted by molar-refractivity contribution is 7.79. The Morgan fingerprint density at radius 1 is 1.15 bits per heavy atom. The Morgan fingerprint density at radius 2 is 1.85 bits per heavy atom. The normalized spacial score (nSPS) is 9.75. The van der Waals surface area contributed by atoms with Gasteiger partial charge in [-0.1, -0.05) is 54.7 Å². The maximum absolute atomic E-state index is 12.2. The van der Waals surface area contributed by atoms with Gasteiger partial charge in [0.05, 0.1) is 11.6 Å². The molecular weight excluding hydrogens is 266 g/mol. The molecule has 0 N–H and O–H groups in total. The van der Waals surface area contributed by atoms with Gasteiger partial charge in [0.1, 0.15) is 0 Å². The van der Waals surface area contributed by atoms with Gasteiger partial charge in [0.2, 0.25) is 0 Å². The van der Waals surface area contributed by atoms with Crippen LogP contribution in [0.15, 0.2) is 48.5 Å². The van der Waals surface area contributed by atoms with Crippen LogP contribution in [0, 0.1) is 11.3 Å². The first-order valence-corrected chi connectivity index (χ1v) is 6.79. The molecule has 0 aliphatic rings. The number of benzene rings is 2. The lowest BCUT2D eigenvalue weighted by Gasteiger charge is -2.06. The van der Waals surface area contributed by atoms with Gasteiger partial charge in [0, 0.05) is 17.4 Å². The van der Waals surface area contributed by atoms with E-state index >= 15 is 0 Å². The van der Waals surface area contributed by atoms with Gasteiger partial charge >= 0.3 is 0 Å². The predicted molar refractivity (Wildman–Crippen MR) is 83.0 cm³/mol. The average Bonchev–Trinajstić information content (AvgIpc) is 2.52. The van der Waals surface area contributed by atoms with Gasteiger partial charge in [-0.25, -0.2) is 0 Å². The fourth-order valence-corrected chi connectivity index (χ4v) is 2.31. The first kappa shape index (κ1) is 14.1. The number of rotatable bonds is 5. The SMILES string of the molecule is N#Cc1ccccc1C(=O)CCc1ccccc1C=S. The van der Waals surface area contributed by atoms with Crippen LogP contribution in [0.25, 0.3) is 0 Å². The molecule has 0 aliphatic carbocycles. The number of aryl methyl sites for hydroxylation is 1. The highest BCUT2D eigenvalue weighted by atomic mass is 32.1. The van der Waals surface area contributed by atoms with Crippen molar-refractivity contribution < 1.29 is 4.79 Å². The van der Waals surface area contributed by atoms with Gasteiger partial charge in [-0.2, -0.15) is 5.26 Å². The molecule has 0 saturated heterocycles. The summed E-state index contributed by atoms with van der Waals surface area (Å²) in [6.45, 7) is 0. The Labute approximate surface area is 123 Å².